The normalized spacial score (nSPS) is 15.5. The predicted octanol–water partition coefficient (Wildman–Crippen LogP) is 1.92. The molecule has 0 radical (unpaired) electrons. The van der Waals surface area contributed by atoms with Gasteiger partial charge in [-0.3, -0.25) is 0 Å². The average Bonchev–Trinajstić information content (AvgIpc) is 2.62. The molecular weight excluding hydrogens is 292 g/mol. The van der Waals surface area contributed by atoms with Crippen LogP contribution in [0.1, 0.15) is 25.5 Å². The molecule has 1 aliphatic rings. The molecule has 0 saturated carbocycles. The fraction of sp³-hybridized carbons (Fsp3) is 0.500. The Bertz CT molecular complexity index is 642. The predicted molar refractivity (Wildman–Crippen MR) is 88.9 cm³/mol. The highest BCUT2D eigenvalue weighted by atomic mass is 16.5. The molecule has 0 amide bonds. The van der Waals surface area contributed by atoms with Crippen LogP contribution in [0, 0.1) is 0 Å². The molecule has 1 N–H and O–H groups in total. The molecule has 3 rings (SSSR count). The first-order valence-corrected chi connectivity index (χ1v) is 7.97. The zero-order valence-electron chi connectivity index (χ0n) is 13.6. The van der Waals surface area contributed by atoms with E-state index in [0.717, 1.165) is 49.7 Å². The number of ether oxygens (including phenoxy) is 1. The summed E-state index contributed by atoms with van der Waals surface area (Å²) in [6.45, 7) is 4.05. The van der Waals surface area contributed by atoms with Gasteiger partial charge in [0.05, 0.1) is 7.11 Å². The van der Waals surface area contributed by atoms with E-state index in [9.17, 15) is 0 Å². The largest absolute Gasteiger partial charge is 0.481 e. The maximum Gasteiger partial charge on any atom is 0.218 e. The molecule has 1 aliphatic heterocycles. The molecule has 0 atom stereocenters. The fourth-order valence-electron chi connectivity index (χ4n) is 2.74. The van der Waals surface area contributed by atoms with Crippen molar-refractivity contribution < 1.29 is 4.74 Å². The summed E-state index contributed by atoms with van der Waals surface area (Å²) in [6, 6.07) is 4.31. The Balaban J connectivity index is 1.57. The van der Waals surface area contributed by atoms with Crippen LogP contribution >= 0.6 is 0 Å². The van der Waals surface area contributed by atoms with Crippen molar-refractivity contribution >= 4 is 11.6 Å². The van der Waals surface area contributed by atoms with Gasteiger partial charge in [0.25, 0.3) is 0 Å². The highest BCUT2D eigenvalue weighted by Gasteiger charge is 2.20. The van der Waals surface area contributed by atoms with E-state index >= 15 is 0 Å². The van der Waals surface area contributed by atoms with E-state index in [4.69, 9.17) is 4.74 Å². The van der Waals surface area contributed by atoms with Crippen molar-refractivity contribution in [1.29, 1.82) is 0 Å². The van der Waals surface area contributed by atoms with E-state index in [1.807, 2.05) is 6.07 Å². The third kappa shape index (κ3) is 3.85. The molecule has 1 saturated heterocycles. The molecule has 0 bridgehead atoms. The van der Waals surface area contributed by atoms with Crippen LogP contribution < -0.4 is 15.0 Å². The highest BCUT2D eigenvalue weighted by molar-refractivity contribution is 5.41. The van der Waals surface area contributed by atoms with Crippen LogP contribution in [0.15, 0.2) is 24.8 Å². The lowest BCUT2D eigenvalue weighted by Crippen LogP contribution is -2.39. The summed E-state index contributed by atoms with van der Waals surface area (Å²) in [5, 5.41) is 3.46. The van der Waals surface area contributed by atoms with Gasteiger partial charge in [-0.1, -0.05) is 6.92 Å². The van der Waals surface area contributed by atoms with Crippen LogP contribution in [0.2, 0.25) is 0 Å². The second-order valence-corrected chi connectivity index (χ2v) is 5.57. The SMILES string of the molecule is CCc1cc(N2CCC(Nc3cc(OC)ncn3)CC2)ncn1. The Labute approximate surface area is 136 Å². The smallest absolute Gasteiger partial charge is 0.218 e. The van der Waals surface area contributed by atoms with Crippen molar-refractivity contribution in [1.82, 2.24) is 19.9 Å². The zero-order valence-corrected chi connectivity index (χ0v) is 13.6. The molecule has 0 spiro atoms. The minimum atomic E-state index is 0.401. The number of aromatic nitrogens is 4. The Hall–Kier alpha value is -2.44. The first-order valence-electron chi connectivity index (χ1n) is 7.97. The number of piperidine rings is 1. The Morgan fingerprint density at radius 1 is 1.13 bits per heavy atom. The van der Waals surface area contributed by atoms with Crippen LogP contribution in [0.5, 0.6) is 5.88 Å². The summed E-state index contributed by atoms with van der Waals surface area (Å²) in [4.78, 5) is 19.3. The molecule has 1 fully saturated rings. The number of rotatable bonds is 5. The van der Waals surface area contributed by atoms with Gasteiger partial charge in [-0.15, -0.1) is 0 Å². The van der Waals surface area contributed by atoms with Crippen molar-refractivity contribution in [3.63, 3.8) is 0 Å². The zero-order chi connectivity index (χ0) is 16.1. The third-order valence-corrected chi connectivity index (χ3v) is 4.09. The van der Waals surface area contributed by atoms with Gasteiger partial charge in [-0.2, -0.15) is 0 Å². The summed E-state index contributed by atoms with van der Waals surface area (Å²) in [5.74, 6) is 2.41. The van der Waals surface area contributed by atoms with Crippen LogP contribution in [-0.4, -0.2) is 46.2 Å². The standard InChI is InChI=1S/C16H22N6O/c1-3-12-8-15(19-10-17-12)22-6-4-13(5-7-22)21-14-9-16(23-2)20-11-18-14/h8-11,13H,3-7H2,1-2H3,(H,18,20,21). The molecule has 0 aliphatic carbocycles. The van der Waals surface area contributed by atoms with Crippen LogP contribution in [-0.2, 0) is 6.42 Å². The van der Waals surface area contributed by atoms with E-state index in [0.29, 0.717) is 11.9 Å². The summed E-state index contributed by atoms with van der Waals surface area (Å²) in [5.41, 5.74) is 1.09. The number of hydrogen-bond acceptors (Lipinski definition) is 7. The molecular formula is C16H22N6O. The summed E-state index contributed by atoms with van der Waals surface area (Å²) >= 11 is 0. The third-order valence-electron chi connectivity index (χ3n) is 4.09. The van der Waals surface area contributed by atoms with Crippen molar-refractivity contribution in [3.8, 4) is 5.88 Å². The molecule has 3 heterocycles. The van der Waals surface area contributed by atoms with Crippen molar-refractivity contribution in [2.24, 2.45) is 0 Å². The first kappa shape index (κ1) is 15.5. The molecule has 7 nitrogen and oxygen atoms in total. The Morgan fingerprint density at radius 2 is 1.91 bits per heavy atom. The van der Waals surface area contributed by atoms with E-state index in [2.05, 4.69) is 43.1 Å². The minimum Gasteiger partial charge on any atom is -0.481 e. The number of anilines is 2. The molecule has 0 aromatic carbocycles. The second-order valence-electron chi connectivity index (χ2n) is 5.57. The van der Waals surface area contributed by atoms with E-state index in [1.54, 1.807) is 13.4 Å². The number of nitrogens with zero attached hydrogens (tertiary/aromatic N) is 5. The number of aryl methyl sites for hydroxylation is 1. The van der Waals surface area contributed by atoms with E-state index in [-0.39, 0.29) is 0 Å². The number of methoxy groups -OCH3 is 1. The van der Waals surface area contributed by atoms with E-state index < -0.39 is 0 Å². The van der Waals surface area contributed by atoms with Crippen LogP contribution in [0.25, 0.3) is 0 Å². The lowest BCUT2D eigenvalue weighted by Gasteiger charge is -2.33. The number of hydrogen-bond donors (Lipinski definition) is 1. The monoisotopic (exact) mass is 314 g/mol. The molecule has 2 aromatic rings. The quantitative estimate of drug-likeness (QED) is 0.903. The average molecular weight is 314 g/mol. The maximum atomic E-state index is 5.13. The van der Waals surface area contributed by atoms with Gasteiger partial charge < -0.3 is 15.0 Å². The lowest BCUT2D eigenvalue weighted by atomic mass is 10.0. The van der Waals surface area contributed by atoms with Crippen LogP contribution in [0.4, 0.5) is 11.6 Å². The molecule has 2 aromatic heterocycles. The van der Waals surface area contributed by atoms with Crippen molar-refractivity contribution in [2.45, 2.75) is 32.2 Å². The van der Waals surface area contributed by atoms with E-state index in [1.165, 1.54) is 6.33 Å². The fourth-order valence-corrected chi connectivity index (χ4v) is 2.74. The Kier molecular flexibility index (Phi) is 4.85. The van der Waals surface area contributed by atoms with Crippen LogP contribution in [0.3, 0.4) is 0 Å². The van der Waals surface area contributed by atoms with Gasteiger partial charge in [0.2, 0.25) is 5.88 Å². The summed E-state index contributed by atoms with van der Waals surface area (Å²) in [6.07, 6.45) is 6.19. The molecule has 122 valence electrons. The molecule has 7 heteroatoms. The van der Waals surface area contributed by atoms with Gasteiger partial charge in [0, 0.05) is 37.0 Å². The number of nitrogens with one attached hydrogen (secondary N) is 1. The van der Waals surface area contributed by atoms with Gasteiger partial charge in [0.15, 0.2) is 0 Å². The molecule has 0 unspecified atom stereocenters. The highest BCUT2D eigenvalue weighted by Crippen LogP contribution is 2.21. The first-order chi connectivity index (χ1) is 11.3. The van der Waals surface area contributed by atoms with Gasteiger partial charge in [0.1, 0.15) is 24.3 Å². The van der Waals surface area contributed by atoms with Crippen molar-refractivity contribution in [2.75, 3.05) is 30.4 Å². The van der Waals surface area contributed by atoms with Gasteiger partial charge in [-0.25, -0.2) is 19.9 Å². The molecule has 23 heavy (non-hydrogen) atoms. The topological polar surface area (TPSA) is 76.1 Å². The minimum absolute atomic E-state index is 0.401. The lowest BCUT2D eigenvalue weighted by molar-refractivity contribution is 0.397. The Morgan fingerprint density at radius 3 is 2.65 bits per heavy atom. The summed E-state index contributed by atoms with van der Waals surface area (Å²) in [7, 11) is 1.61. The second kappa shape index (κ2) is 7.21. The summed E-state index contributed by atoms with van der Waals surface area (Å²) < 4.78 is 5.13. The van der Waals surface area contributed by atoms with Gasteiger partial charge >= 0.3 is 0 Å². The maximum absolute atomic E-state index is 5.13. The van der Waals surface area contributed by atoms with Gasteiger partial charge in [-0.05, 0) is 19.3 Å². The van der Waals surface area contributed by atoms with Crippen molar-refractivity contribution in [3.05, 3.63) is 30.5 Å².